The summed E-state index contributed by atoms with van der Waals surface area (Å²) in [5, 5.41) is 0. The first-order valence-corrected chi connectivity index (χ1v) is 7.24. The highest BCUT2D eigenvalue weighted by Gasteiger charge is 2.14. The molecule has 1 unspecified atom stereocenters. The molecule has 17 heavy (non-hydrogen) atoms. The molecule has 0 amide bonds. The molecular weight excluding hydrogens is 232 g/mol. The van der Waals surface area contributed by atoms with Gasteiger partial charge >= 0.3 is 0 Å². The summed E-state index contributed by atoms with van der Waals surface area (Å²) in [6.45, 7) is 4.86. The Kier molecular flexibility index (Phi) is 7.08. The van der Waals surface area contributed by atoms with Gasteiger partial charge in [0.2, 0.25) is 0 Å². The van der Waals surface area contributed by atoms with Crippen LogP contribution in [0.1, 0.15) is 31.9 Å². The third-order valence-corrected chi connectivity index (χ3v) is 3.69. The van der Waals surface area contributed by atoms with Gasteiger partial charge in [0.25, 0.3) is 0 Å². The highest BCUT2D eigenvalue weighted by atomic mass is 32.2. The van der Waals surface area contributed by atoms with Crippen LogP contribution in [-0.4, -0.2) is 18.1 Å². The maximum absolute atomic E-state index is 5.63. The van der Waals surface area contributed by atoms with Gasteiger partial charge in [0.1, 0.15) is 5.75 Å². The minimum atomic E-state index is 0.147. The van der Waals surface area contributed by atoms with Gasteiger partial charge < -0.3 is 4.74 Å². The summed E-state index contributed by atoms with van der Waals surface area (Å²) in [4.78, 5) is 0. The molecule has 1 atom stereocenters. The van der Waals surface area contributed by atoms with Crippen LogP contribution >= 0.6 is 11.8 Å². The molecule has 0 bridgehead atoms. The van der Waals surface area contributed by atoms with Crippen molar-refractivity contribution in [2.45, 2.75) is 26.3 Å². The van der Waals surface area contributed by atoms with Gasteiger partial charge in [-0.3, -0.25) is 11.3 Å². The number of ether oxygens (including phenoxy) is 1. The van der Waals surface area contributed by atoms with Crippen molar-refractivity contribution >= 4 is 11.8 Å². The van der Waals surface area contributed by atoms with Gasteiger partial charge in [-0.15, -0.1) is 0 Å². The van der Waals surface area contributed by atoms with E-state index in [4.69, 9.17) is 10.6 Å². The first-order valence-electron chi connectivity index (χ1n) is 6.09. The molecule has 0 saturated heterocycles. The molecule has 0 saturated carbocycles. The van der Waals surface area contributed by atoms with E-state index in [1.807, 2.05) is 36.9 Å². The fourth-order valence-electron chi connectivity index (χ4n) is 1.63. The Morgan fingerprint density at radius 1 is 1.35 bits per heavy atom. The lowest BCUT2D eigenvalue weighted by molar-refractivity contribution is 0.333. The van der Waals surface area contributed by atoms with Crippen molar-refractivity contribution in [3.63, 3.8) is 0 Å². The maximum atomic E-state index is 5.63. The second-order valence-corrected chi connectivity index (χ2v) is 4.91. The zero-order valence-electron chi connectivity index (χ0n) is 10.6. The summed E-state index contributed by atoms with van der Waals surface area (Å²) in [7, 11) is 0. The predicted molar refractivity (Wildman–Crippen MR) is 75.3 cm³/mol. The SMILES string of the molecule is CCCSCC(NN)c1ccccc1OCC. The molecular formula is C13H22N2OS. The zero-order chi connectivity index (χ0) is 12.5. The summed E-state index contributed by atoms with van der Waals surface area (Å²) >= 11 is 1.91. The minimum Gasteiger partial charge on any atom is -0.494 e. The fourth-order valence-corrected chi connectivity index (χ4v) is 2.60. The van der Waals surface area contributed by atoms with Gasteiger partial charge in [0.05, 0.1) is 12.6 Å². The Morgan fingerprint density at radius 2 is 2.12 bits per heavy atom. The number of para-hydroxylation sites is 1. The molecule has 4 heteroatoms. The number of hydrogen-bond acceptors (Lipinski definition) is 4. The molecule has 0 radical (unpaired) electrons. The molecule has 0 aliphatic carbocycles. The van der Waals surface area contributed by atoms with Crippen LogP contribution in [0.25, 0.3) is 0 Å². The standard InChI is InChI=1S/C13H22N2OS/c1-3-9-17-10-12(15-14)11-7-5-6-8-13(11)16-4-2/h5-8,12,15H,3-4,9-10,14H2,1-2H3. The number of thioether (sulfide) groups is 1. The Hall–Kier alpha value is -0.710. The van der Waals surface area contributed by atoms with Crippen LogP contribution in [0.4, 0.5) is 0 Å². The number of hydrazine groups is 1. The van der Waals surface area contributed by atoms with E-state index in [2.05, 4.69) is 18.4 Å². The third kappa shape index (κ3) is 4.58. The quantitative estimate of drug-likeness (QED) is 0.425. The second kappa shape index (κ2) is 8.39. The highest BCUT2D eigenvalue weighted by molar-refractivity contribution is 7.99. The molecule has 0 fully saturated rings. The molecule has 0 aliphatic heterocycles. The van der Waals surface area contributed by atoms with Crippen LogP contribution in [0.3, 0.4) is 0 Å². The second-order valence-electron chi connectivity index (χ2n) is 3.77. The maximum Gasteiger partial charge on any atom is 0.124 e. The van der Waals surface area contributed by atoms with Gasteiger partial charge in [-0.1, -0.05) is 25.1 Å². The third-order valence-electron chi connectivity index (χ3n) is 2.43. The predicted octanol–water partition coefficient (Wildman–Crippen LogP) is 2.73. The van der Waals surface area contributed by atoms with Crippen molar-refractivity contribution in [2.24, 2.45) is 5.84 Å². The van der Waals surface area contributed by atoms with E-state index >= 15 is 0 Å². The monoisotopic (exact) mass is 254 g/mol. The first-order chi connectivity index (χ1) is 8.33. The van der Waals surface area contributed by atoms with E-state index in [-0.39, 0.29) is 6.04 Å². The molecule has 1 rings (SSSR count). The summed E-state index contributed by atoms with van der Waals surface area (Å²) in [6, 6.07) is 8.22. The first kappa shape index (κ1) is 14.4. The molecule has 0 spiro atoms. The molecule has 0 aromatic heterocycles. The zero-order valence-corrected chi connectivity index (χ0v) is 11.4. The molecule has 1 aromatic rings. The average molecular weight is 254 g/mol. The molecule has 3 N–H and O–H groups in total. The van der Waals surface area contributed by atoms with Crippen LogP contribution in [0.15, 0.2) is 24.3 Å². The van der Waals surface area contributed by atoms with Gasteiger partial charge in [-0.2, -0.15) is 11.8 Å². The number of hydrogen-bond donors (Lipinski definition) is 2. The Morgan fingerprint density at radius 3 is 2.76 bits per heavy atom. The van der Waals surface area contributed by atoms with Crippen LogP contribution in [0.5, 0.6) is 5.75 Å². The lowest BCUT2D eigenvalue weighted by Crippen LogP contribution is -2.30. The van der Waals surface area contributed by atoms with Gasteiger partial charge in [0.15, 0.2) is 0 Å². The van der Waals surface area contributed by atoms with E-state index in [0.717, 1.165) is 22.8 Å². The van der Waals surface area contributed by atoms with Gasteiger partial charge in [0, 0.05) is 11.3 Å². The van der Waals surface area contributed by atoms with Crippen molar-refractivity contribution in [3.05, 3.63) is 29.8 Å². The van der Waals surface area contributed by atoms with Crippen LogP contribution in [0.2, 0.25) is 0 Å². The Balaban J connectivity index is 2.72. The molecule has 96 valence electrons. The number of nitrogens with two attached hydrogens (primary N) is 1. The summed E-state index contributed by atoms with van der Waals surface area (Å²) < 4.78 is 5.62. The fraction of sp³-hybridized carbons (Fsp3) is 0.538. The largest absolute Gasteiger partial charge is 0.494 e. The van der Waals surface area contributed by atoms with Crippen LogP contribution < -0.4 is 16.0 Å². The van der Waals surface area contributed by atoms with Crippen LogP contribution in [-0.2, 0) is 0 Å². The summed E-state index contributed by atoms with van der Waals surface area (Å²) in [6.07, 6.45) is 1.19. The van der Waals surface area contributed by atoms with Gasteiger partial charge in [-0.25, -0.2) is 0 Å². The smallest absolute Gasteiger partial charge is 0.124 e. The lowest BCUT2D eigenvalue weighted by atomic mass is 10.1. The van der Waals surface area contributed by atoms with E-state index in [1.54, 1.807) is 0 Å². The van der Waals surface area contributed by atoms with E-state index < -0.39 is 0 Å². The lowest BCUT2D eigenvalue weighted by Gasteiger charge is -2.19. The normalized spacial score (nSPS) is 12.4. The molecule has 1 aromatic carbocycles. The number of benzene rings is 1. The van der Waals surface area contributed by atoms with Crippen molar-refractivity contribution in [3.8, 4) is 5.75 Å². The van der Waals surface area contributed by atoms with Gasteiger partial charge in [-0.05, 0) is 25.2 Å². The van der Waals surface area contributed by atoms with Crippen molar-refractivity contribution in [1.82, 2.24) is 5.43 Å². The minimum absolute atomic E-state index is 0.147. The molecule has 0 aliphatic rings. The molecule has 3 nitrogen and oxygen atoms in total. The Labute approximate surface area is 108 Å². The summed E-state index contributed by atoms with van der Waals surface area (Å²) in [5.41, 5.74) is 4.01. The molecule has 0 heterocycles. The topological polar surface area (TPSA) is 47.3 Å². The van der Waals surface area contributed by atoms with Crippen molar-refractivity contribution in [2.75, 3.05) is 18.1 Å². The van der Waals surface area contributed by atoms with Crippen molar-refractivity contribution < 1.29 is 4.74 Å². The van der Waals surface area contributed by atoms with Crippen LogP contribution in [0, 0.1) is 0 Å². The van der Waals surface area contributed by atoms with E-state index in [0.29, 0.717) is 6.61 Å². The average Bonchev–Trinajstić information content (AvgIpc) is 2.36. The highest BCUT2D eigenvalue weighted by Crippen LogP contribution is 2.27. The van der Waals surface area contributed by atoms with E-state index in [9.17, 15) is 0 Å². The number of rotatable bonds is 8. The number of nitrogens with one attached hydrogen (secondary N) is 1. The van der Waals surface area contributed by atoms with Crippen molar-refractivity contribution in [1.29, 1.82) is 0 Å². The Bertz CT molecular complexity index is 320. The summed E-state index contributed by atoms with van der Waals surface area (Å²) in [5.74, 6) is 8.69. The van der Waals surface area contributed by atoms with E-state index in [1.165, 1.54) is 6.42 Å².